The Bertz CT molecular complexity index is 718. The van der Waals surface area contributed by atoms with E-state index in [-0.39, 0.29) is 11.8 Å². The number of pyridine rings is 1. The first-order valence-electron chi connectivity index (χ1n) is 8.40. The summed E-state index contributed by atoms with van der Waals surface area (Å²) in [7, 11) is 0. The quantitative estimate of drug-likeness (QED) is 0.849. The van der Waals surface area contributed by atoms with Crippen LogP contribution in [0.15, 0.2) is 53.6 Å². The highest BCUT2D eigenvalue weighted by molar-refractivity contribution is 5.94. The van der Waals surface area contributed by atoms with E-state index in [2.05, 4.69) is 10.3 Å². The number of piperidine rings is 1. The molecule has 0 atom stereocenters. The topological polar surface area (TPSA) is 75.4 Å². The number of aromatic nitrogens is 1. The fourth-order valence-corrected chi connectivity index (χ4v) is 2.86. The molecule has 0 aromatic carbocycles. The van der Waals surface area contributed by atoms with Gasteiger partial charge in [-0.2, -0.15) is 0 Å². The molecule has 25 heavy (non-hydrogen) atoms. The molecule has 0 saturated carbocycles. The van der Waals surface area contributed by atoms with Gasteiger partial charge in [0.2, 0.25) is 5.91 Å². The molecule has 2 aromatic rings. The molecule has 0 radical (unpaired) electrons. The Hall–Kier alpha value is -2.89. The molecule has 3 heterocycles. The minimum absolute atomic E-state index is 0.0265. The van der Waals surface area contributed by atoms with Crippen molar-refractivity contribution in [1.29, 1.82) is 0 Å². The molecule has 3 rings (SSSR count). The number of rotatable bonds is 5. The monoisotopic (exact) mass is 339 g/mol. The molecule has 0 aliphatic carbocycles. The second-order valence-electron chi connectivity index (χ2n) is 6.11. The summed E-state index contributed by atoms with van der Waals surface area (Å²) in [6, 6.07) is 5.35. The lowest BCUT2D eigenvalue weighted by molar-refractivity contribution is -0.116. The Labute approximate surface area is 146 Å². The molecule has 1 fully saturated rings. The van der Waals surface area contributed by atoms with E-state index in [1.807, 2.05) is 4.90 Å². The summed E-state index contributed by atoms with van der Waals surface area (Å²) >= 11 is 0. The van der Waals surface area contributed by atoms with Crippen molar-refractivity contribution in [2.75, 3.05) is 19.6 Å². The fraction of sp³-hybridized carbons (Fsp3) is 0.316. The van der Waals surface area contributed by atoms with Gasteiger partial charge in [-0.05, 0) is 43.0 Å². The van der Waals surface area contributed by atoms with Crippen molar-refractivity contribution in [3.8, 4) is 0 Å². The number of likely N-dealkylation sites (tertiary alicyclic amines) is 1. The van der Waals surface area contributed by atoms with Crippen LogP contribution in [0.4, 0.5) is 0 Å². The van der Waals surface area contributed by atoms with Gasteiger partial charge in [0.1, 0.15) is 0 Å². The molecule has 0 spiro atoms. The Balaban J connectivity index is 1.40. The van der Waals surface area contributed by atoms with Crippen molar-refractivity contribution in [2.45, 2.75) is 12.8 Å². The molecule has 0 bridgehead atoms. The van der Waals surface area contributed by atoms with Crippen molar-refractivity contribution in [3.63, 3.8) is 0 Å². The molecule has 6 heteroatoms. The third-order valence-electron chi connectivity index (χ3n) is 4.35. The second kappa shape index (κ2) is 8.28. The standard InChI is InChI=1S/C19H21N3O3/c23-18(4-3-16-7-11-25-14-16)21-12-15-5-9-22(10-6-15)19(24)17-2-1-8-20-13-17/h1-4,7-8,11,13-15H,5-6,9-10,12H2,(H,21,23)/b4-3+. The SMILES string of the molecule is O=C(/C=C/c1ccoc1)NCC1CCN(C(=O)c2cccnc2)CC1. The first-order valence-corrected chi connectivity index (χ1v) is 8.40. The number of hydrogen-bond acceptors (Lipinski definition) is 4. The van der Waals surface area contributed by atoms with E-state index in [1.54, 1.807) is 49.2 Å². The average molecular weight is 339 g/mol. The van der Waals surface area contributed by atoms with Gasteiger partial charge < -0.3 is 14.6 Å². The lowest BCUT2D eigenvalue weighted by Crippen LogP contribution is -2.41. The maximum Gasteiger partial charge on any atom is 0.255 e. The number of nitrogens with one attached hydrogen (secondary N) is 1. The van der Waals surface area contributed by atoms with E-state index in [0.717, 1.165) is 18.4 Å². The number of furan rings is 1. The minimum Gasteiger partial charge on any atom is -0.472 e. The van der Waals surface area contributed by atoms with E-state index in [1.165, 1.54) is 6.08 Å². The molecular weight excluding hydrogens is 318 g/mol. The summed E-state index contributed by atoms with van der Waals surface area (Å²) in [5.74, 6) is 0.304. The summed E-state index contributed by atoms with van der Waals surface area (Å²) in [6.45, 7) is 2.04. The highest BCUT2D eigenvalue weighted by Gasteiger charge is 2.23. The average Bonchev–Trinajstić information content (AvgIpc) is 3.19. The summed E-state index contributed by atoms with van der Waals surface area (Å²) in [5, 5.41) is 2.92. The Morgan fingerprint density at radius 2 is 2.16 bits per heavy atom. The molecule has 1 aliphatic rings. The van der Waals surface area contributed by atoms with Crippen LogP contribution >= 0.6 is 0 Å². The van der Waals surface area contributed by atoms with Crippen LogP contribution in [-0.4, -0.2) is 41.3 Å². The molecule has 1 N–H and O–H groups in total. The van der Waals surface area contributed by atoms with Gasteiger partial charge >= 0.3 is 0 Å². The zero-order chi connectivity index (χ0) is 17.5. The first kappa shape index (κ1) is 17.0. The van der Waals surface area contributed by atoms with Gasteiger partial charge in [0.25, 0.3) is 5.91 Å². The predicted octanol–water partition coefficient (Wildman–Crippen LogP) is 2.36. The fourth-order valence-electron chi connectivity index (χ4n) is 2.86. The van der Waals surface area contributed by atoms with Crippen LogP contribution in [0.3, 0.4) is 0 Å². The Morgan fingerprint density at radius 3 is 2.84 bits per heavy atom. The van der Waals surface area contributed by atoms with Crippen LogP contribution in [0, 0.1) is 5.92 Å². The van der Waals surface area contributed by atoms with Gasteiger partial charge in [0.15, 0.2) is 0 Å². The highest BCUT2D eigenvalue weighted by atomic mass is 16.3. The molecule has 1 aliphatic heterocycles. The molecule has 6 nitrogen and oxygen atoms in total. The lowest BCUT2D eigenvalue weighted by Gasteiger charge is -2.32. The maximum atomic E-state index is 12.4. The second-order valence-corrected chi connectivity index (χ2v) is 6.11. The largest absolute Gasteiger partial charge is 0.472 e. The maximum absolute atomic E-state index is 12.4. The molecule has 0 unspecified atom stereocenters. The number of hydrogen-bond donors (Lipinski definition) is 1. The summed E-state index contributed by atoms with van der Waals surface area (Å²) < 4.78 is 4.94. The van der Waals surface area contributed by atoms with Crippen molar-refractivity contribution in [3.05, 3.63) is 60.3 Å². The zero-order valence-corrected chi connectivity index (χ0v) is 13.9. The van der Waals surface area contributed by atoms with Gasteiger partial charge in [-0.1, -0.05) is 0 Å². The van der Waals surface area contributed by atoms with Gasteiger partial charge in [0.05, 0.1) is 18.1 Å². The Morgan fingerprint density at radius 1 is 1.32 bits per heavy atom. The molecule has 130 valence electrons. The van der Waals surface area contributed by atoms with E-state index in [9.17, 15) is 9.59 Å². The van der Waals surface area contributed by atoms with Crippen molar-refractivity contribution in [1.82, 2.24) is 15.2 Å². The van der Waals surface area contributed by atoms with Crippen LogP contribution in [0.1, 0.15) is 28.8 Å². The van der Waals surface area contributed by atoms with E-state index in [0.29, 0.717) is 31.1 Å². The zero-order valence-electron chi connectivity index (χ0n) is 13.9. The first-order chi connectivity index (χ1) is 12.2. The summed E-state index contributed by atoms with van der Waals surface area (Å²) in [6.07, 6.45) is 11.4. The van der Waals surface area contributed by atoms with Crippen LogP contribution in [-0.2, 0) is 4.79 Å². The number of amides is 2. The van der Waals surface area contributed by atoms with E-state index < -0.39 is 0 Å². The lowest BCUT2D eigenvalue weighted by atomic mass is 9.96. The van der Waals surface area contributed by atoms with Crippen LogP contribution in [0.25, 0.3) is 6.08 Å². The summed E-state index contributed by atoms with van der Waals surface area (Å²) in [5.41, 5.74) is 1.48. The number of carbonyl (C=O) groups excluding carboxylic acids is 2. The highest BCUT2D eigenvalue weighted by Crippen LogP contribution is 2.18. The summed E-state index contributed by atoms with van der Waals surface area (Å²) in [4.78, 5) is 30.1. The van der Waals surface area contributed by atoms with Crippen molar-refractivity contribution < 1.29 is 14.0 Å². The van der Waals surface area contributed by atoms with Crippen LogP contribution in [0.5, 0.6) is 0 Å². The third-order valence-corrected chi connectivity index (χ3v) is 4.35. The van der Waals surface area contributed by atoms with Crippen LogP contribution < -0.4 is 5.32 Å². The van der Waals surface area contributed by atoms with Gasteiger partial charge in [-0.25, -0.2) is 0 Å². The van der Waals surface area contributed by atoms with Gasteiger partial charge in [-0.15, -0.1) is 0 Å². The normalized spacial score (nSPS) is 15.4. The van der Waals surface area contributed by atoms with Crippen LogP contribution in [0.2, 0.25) is 0 Å². The van der Waals surface area contributed by atoms with Gasteiger partial charge in [0, 0.05) is 43.7 Å². The Kier molecular flexibility index (Phi) is 5.61. The van der Waals surface area contributed by atoms with Gasteiger partial charge in [-0.3, -0.25) is 14.6 Å². The molecular formula is C19H21N3O3. The minimum atomic E-state index is -0.116. The third kappa shape index (κ3) is 4.79. The van der Waals surface area contributed by atoms with E-state index >= 15 is 0 Å². The van der Waals surface area contributed by atoms with E-state index in [4.69, 9.17) is 4.42 Å². The number of nitrogens with zero attached hydrogens (tertiary/aromatic N) is 2. The molecule has 1 saturated heterocycles. The number of carbonyl (C=O) groups is 2. The van der Waals surface area contributed by atoms with Crippen molar-refractivity contribution in [2.24, 2.45) is 5.92 Å². The smallest absolute Gasteiger partial charge is 0.255 e. The predicted molar refractivity (Wildman–Crippen MR) is 93.6 cm³/mol. The molecule has 2 amide bonds. The van der Waals surface area contributed by atoms with Crippen molar-refractivity contribution >= 4 is 17.9 Å². The molecule has 2 aromatic heterocycles.